The Bertz CT molecular complexity index is 446. The Morgan fingerprint density at radius 1 is 1.68 bits per heavy atom. The third kappa shape index (κ3) is 3.54. The van der Waals surface area contributed by atoms with Crippen molar-refractivity contribution in [2.75, 3.05) is 20.1 Å². The van der Waals surface area contributed by atoms with Crippen molar-refractivity contribution in [3.8, 4) is 0 Å². The minimum absolute atomic E-state index is 0.117. The highest BCUT2D eigenvalue weighted by Crippen LogP contribution is 2.14. The van der Waals surface area contributed by atoms with E-state index in [0.29, 0.717) is 12.2 Å². The van der Waals surface area contributed by atoms with Gasteiger partial charge in [0, 0.05) is 24.9 Å². The lowest BCUT2D eigenvalue weighted by Crippen LogP contribution is -2.45. The smallest absolute Gasteiger partial charge is 0.326 e. The van der Waals surface area contributed by atoms with Crippen molar-refractivity contribution >= 4 is 11.9 Å². The molecule has 0 spiro atoms. The number of amides is 1. The van der Waals surface area contributed by atoms with Gasteiger partial charge in [-0.2, -0.15) is 0 Å². The van der Waals surface area contributed by atoms with Crippen LogP contribution < -0.4 is 5.32 Å². The third-order valence-electron chi connectivity index (χ3n) is 3.36. The van der Waals surface area contributed by atoms with Crippen LogP contribution in [-0.2, 0) is 16.0 Å². The van der Waals surface area contributed by atoms with E-state index < -0.39 is 12.0 Å². The van der Waals surface area contributed by atoms with Gasteiger partial charge in [-0.1, -0.05) is 0 Å². The first-order valence-corrected chi connectivity index (χ1v) is 6.25. The largest absolute Gasteiger partial charge is 0.480 e. The minimum atomic E-state index is -1.03. The Morgan fingerprint density at radius 2 is 2.47 bits per heavy atom. The normalized spacial score (nSPS) is 21.2. The van der Waals surface area contributed by atoms with E-state index in [4.69, 9.17) is 5.11 Å². The molecule has 7 heteroatoms. The van der Waals surface area contributed by atoms with E-state index in [0.717, 1.165) is 13.0 Å². The molecule has 19 heavy (non-hydrogen) atoms. The maximum Gasteiger partial charge on any atom is 0.326 e. The first-order chi connectivity index (χ1) is 9.06. The number of nitrogens with zero attached hydrogens (tertiary/aromatic N) is 2. The van der Waals surface area contributed by atoms with Crippen LogP contribution in [0.4, 0.5) is 0 Å². The van der Waals surface area contributed by atoms with Crippen LogP contribution in [0.5, 0.6) is 0 Å². The molecule has 1 aromatic heterocycles. The van der Waals surface area contributed by atoms with Gasteiger partial charge in [0.1, 0.15) is 6.04 Å². The van der Waals surface area contributed by atoms with E-state index in [9.17, 15) is 9.59 Å². The summed E-state index contributed by atoms with van der Waals surface area (Å²) in [6.07, 6.45) is 4.04. The van der Waals surface area contributed by atoms with Crippen LogP contribution in [0.1, 0.15) is 12.1 Å². The second kappa shape index (κ2) is 5.83. The lowest BCUT2D eigenvalue weighted by Gasteiger charge is -2.16. The Morgan fingerprint density at radius 3 is 3.00 bits per heavy atom. The van der Waals surface area contributed by atoms with Crippen LogP contribution in [0.3, 0.4) is 0 Å². The molecule has 2 atom stereocenters. The number of rotatable bonds is 5. The fourth-order valence-electron chi connectivity index (χ4n) is 2.25. The summed E-state index contributed by atoms with van der Waals surface area (Å²) in [6.45, 7) is 1.55. The molecule has 2 rings (SSSR count). The van der Waals surface area contributed by atoms with Gasteiger partial charge in [-0.25, -0.2) is 9.78 Å². The summed E-state index contributed by atoms with van der Waals surface area (Å²) in [5, 5.41) is 11.8. The van der Waals surface area contributed by atoms with E-state index in [1.807, 2.05) is 7.05 Å². The lowest BCUT2D eigenvalue weighted by atomic mass is 10.1. The molecule has 0 aliphatic carbocycles. The van der Waals surface area contributed by atoms with Crippen molar-refractivity contribution in [2.24, 2.45) is 5.92 Å². The highest BCUT2D eigenvalue weighted by molar-refractivity contribution is 5.85. The van der Waals surface area contributed by atoms with Gasteiger partial charge in [0.15, 0.2) is 0 Å². The maximum absolute atomic E-state index is 12.0. The summed E-state index contributed by atoms with van der Waals surface area (Å²) in [5.41, 5.74) is 0.691. The number of hydrogen-bond donors (Lipinski definition) is 3. The van der Waals surface area contributed by atoms with Crippen LogP contribution in [0, 0.1) is 5.92 Å². The molecule has 104 valence electrons. The van der Waals surface area contributed by atoms with Crippen LogP contribution in [0.15, 0.2) is 12.5 Å². The van der Waals surface area contributed by atoms with E-state index in [-0.39, 0.29) is 18.2 Å². The number of carboxylic acid groups (broad SMARTS) is 1. The number of aliphatic carboxylic acids is 1. The quantitative estimate of drug-likeness (QED) is 0.665. The van der Waals surface area contributed by atoms with Gasteiger partial charge in [-0.3, -0.25) is 4.79 Å². The first-order valence-electron chi connectivity index (χ1n) is 6.25. The molecule has 1 aliphatic rings. The van der Waals surface area contributed by atoms with Crippen LogP contribution in [-0.4, -0.2) is 58.0 Å². The molecular formula is C12H18N4O3. The number of aromatic amines is 1. The zero-order valence-electron chi connectivity index (χ0n) is 10.8. The van der Waals surface area contributed by atoms with Gasteiger partial charge in [0.25, 0.3) is 0 Å². The molecule has 1 aliphatic heterocycles. The first kappa shape index (κ1) is 13.5. The molecule has 1 amide bonds. The monoisotopic (exact) mass is 266 g/mol. The van der Waals surface area contributed by atoms with Gasteiger partial charge < -0.3 is 20.3 Å². The molecule has 1 aromatic rings. The highest BCUT2D eigenvalue weighted by atomic mass is 16.4. The highest BCUT2D eigenvalue weighted by Gasteiger charge is 2.29. The SMILES string of the molecule is CN1CCC(C(=O)N[C@@H](Cc2cnc[nH]2)C(=O)O)C1. The molecule has 0 saturated carbocycles. The number of carboxylic acids is 1. The molecule has 0 aromatic carbocycles. The number of carbonyl (C=O) groups is 2. The number of aromatic nitrogens is 2. The molecular weight excluding hydrogens is 248 g/mol. The molecule has 0 radical (unpaired) electrons. The Balaban J connectivity index is 1.93. The van der Waals surface area contributed by atoms with Crippen molar-refractivity contribution in [3.05, 3.63) is 18.2 Å². The van der Waals surface area contributed by atoms with Crippen molar-refractivity contribution in [1.82, 2.24) is 20.2 Å². The van der Waals surface area contributed by atoms with Crippen LogP contribution >= 0.6 is 0 Å². The van der Waals surface area contributed by atoms with Gasteiger partial charge in [-0.05, 0) is 20.0 Å². The predicted octanol–water partition coefficient (Wildman–Crippen LogP) is -0.527. The number of nitrogens with one attached hydrogen (secondary N) is 2. The standard InChI is InChI=1S/C12H18N4O3/c1-16-3-2-8(6-16)11(17)15-10(12(18)19)4-9-5-13-7-14-9/h5,7-8,10H,2-4,6H2,1H3,(H,13,14)(H,15,17)(H,18,19)/t8?,10-/m0/s1. The van der Waals surface area contributed by atoms with Crippen LogP contribution in [0.25, 0.3) is 0 Å². The zero-order chi connectivity index (χ0) is 13.8. The number of likely N-dealkylation sites (tertiary alicyclic amines) is 1. The summed E-state index contributed by atoms with van der Waals surface area (Å²) in [7, 11) is 1.95. The molecule has 7 nitrogen and oxygen atoms in total. The second-order valence-electron chi connectivity index (χ2n) is 4.93. The molecule has 3 N–H and O–H groups in total. The van der Waals surface area contributed by atoms with Crippen molar-refractivity contribution in [1.29, 1.82) is 0 Å². The molecule has 0 bridgehead atoms. The number of imidazole rings is 1. The molecule has 2 heterocycles. The number of H-pyrrole nitrogens is 1. The zero-order valence-corrected chi connectivity index (χ0v) is 10.8. The van der Waals surface area contributed by atoms with Gasteiger partial charge in [-0.15, -0.1) is 0 Å². The predicted molar refractivity (Wildman–Crippen MR) is 67.5 cm³/mol. The van der Waals surface area contributed by atoms with E-state index in [1.165, 1.54) is 6.33 Å². The summed E-state index contributed by atoms with van der Waals surface area (Å²) in [5.74, 6) is -1.33. The summed E-state index contributed by atoms with van der Waals surface area (Å²) in [6, 6.07) is -0.918. The van der Waals surface area contributed by atoms with E-state index in [1.54, 1.807) is 6.20 Å². The fraction of sp³-hybridized carbons (Fsp3) is 0.583. The van der Waals surface area contributed by atoms with Crippen molar-refractivity contribution in [3.63, 3.8) is 0 Å². The summed E-state index contributed by atoms with van der Waals surface area (Å²) >= 11 is 0. The van der Waals surface area contributed by atoms with Crippen molar-refractivity contribution in [2.45, 2.75) is 18.9 Å². The van der Waals surface area contributed by atoms with Gasteiger partial charge in [0.05, 0.1) is 12.2 Å². The van der Waals surface area contributed by atoms with Crippen LogP contribution in [0.2, 0.25) is 0 Å². The average Bonchev–Trinajstić information content (AvgIpc) is 2.99. The summed E-state index contributed by atoms with van der Waals surface area (Å²) < 4.78 is 0. The number of carbonyl (C=O) groups excluding carboxylic acids is 1. The average molecular weight is 266 g/mol. The molecule has 1 saturated heterocycles. The Labute approximate surface area is 111 Å². The van der Waals surface area contributed by atoms with E-state index >= 15 is 0 Å². The Hall–Kier alpha value is -1.89. The maximum atomic E-state index is 12.0. The van der Waals surface area contributed by atoms with E-state index in [2.05, 4.69) is 20.2 Å². The lowest BCUT2D eigenvalue weighted by molar-refractivity contribution is -0.142. The second-order valence-corrected chi connectivity index (χ2v) is 4.93. The minimum Gasteiger partial charge on any atom is -0.480 e. The fourth-order valence-corrected chi connectivity index (χ4v) is 2.25. The topological polar surface area (TPSA) is 98.3 Å². The summed E-state index contributed by atoms with van der Waals surface area (Å²) in [4.78, 5) is 31.9. The Kier molecular flexibility index (Phi) is 4.16. The number of hydrogen-bond acceptors (Lipinski definition) is 4. The van der Waals surface area contributed by atoms with Crippen molar-refractivity contribution < 1.29 is 14.7 Å². The third-order valence-corrected chi connectivity index (χ3v) is 3.36. The van der Waals surface area contributed by atoms with Gasteiger partial charge in [0.2, 0.25) is 5.91 Å². The molecule has 1 fully saturated rings. The van der Waals surface area contributed by atoms with Gasteiger partial charge >= 0.3 is 5.97 Å². The molecule has 1 unspecified atom stereocenters.